The molecule has 2 aromatic rings. The third-order valence-corrected chi connectivity index (χ3v) is 4.69. The van der Waals surface area contributed by atoms with E-state index in [0.29, 0.717) is 24.8 Å². The predicted molar refractivity (Wildman–Crippen MR) is 89.2 cm³/mol. The number of aryl methyl sites for hydroxylation is 1. The van der Waals surface area contributed by atoms with Gasteiger partial charge < -0.3 is 5.32 Å². The molecule has 0 saturated carbocycles. The Morgan fingerprint density at radius 3 is 2.52 bits per heavy atom. The number of hydrogen-bond acceptors (Lipinski definition) is 3. The Hall–Kier alpha value is -2.51. The van der Waals surface area contributed by atoms with Crippen LogP contribution in [0.15, 0.2) is 23.0 Å². The molecule has 136 valence electrons. The molecular formula is C17H22F2N4O2. The third kappa shape index (κ3) is 4.32. The summed E-state index contributed by atoms with van der Waals surface area (Å²) in [6.45, 7) is 4.20. The van der Waals surface area contributed by atoms with E-state index in [2.05, 4.69) is 15.4 Å². The predicted octanol–water partition coefficient (Wildman–Crippen LogP) is 2.17. The Bertz CT molecular complexity index is 809. The minimum Gasteiger partial charge on any atom is -0.349 e. The highest BCUT2D eigenvalue weighted by Crippen LogP contribution is 2.31. The highest BCUT2D eigenvalue weighted by molar-refractivity contribution is 5.90. The van der Waals surface area contributed by atoms with Crippen molar-refractivity contribution in [3.05, 3.63) is 51.7 Å². The topological polar surface area (TPSA) is 79.8 Å². The average Bonchev–Trinajstić information content (AvgIpc) is 2.93. The highest BCUT2D eigenvalue weighted by Gasteiger charge is 2.29. The second-order valence-electron chi connectivity index (χ2n) is 6.20. The lowest BCUT2D eigenvalue weighted by atomic mass is 9.76. The first-order chi connectivity index (χ1) is 11.8. The number of benzene rings is 1. The first kappa shape index (κ1) is 18.8. The fourth-order valence-corrected chi connectivity index (χ4v) is 2.74. The molecule has 0 spiro atoms. The molecule has 2 rings (SSSR count). The maximum atomic E-state index is 14.0. The number of halogens is 2. The van der Waals surface area contributed by atoms with Crippen LogP contribution in [0.3, 0.4) is 0 Å². The summed E-state index contributed by atoms with van der Waals surface area (Å²) in [6, 6.07) is 3.52. The van der Waals surface area contributed by atoms with Gasteiger partial charge in [0.05, 0.1) is 0 Å². The Kier molecular flexibility index (Phi) is 5.71. The van der Waals surface area contributed by atoms with E-state index in [1.54, 1.807) is 0 Å². The molecule has 0 aliphatic heterocycles. The number of hydrogen-bond donors (Lipinski definition) is 2. The molecule has 25 heavy (non-hydrogen) atoms. The molecule has 0 unspecified atom stereocenters. The summed E-state index contributed by atoms with van der Waals surface area (Å²) in [6.07, 6.45) is 1.75. The number of aromatic nitrogens is 3. The van der Waals surface area contributed by atoms with Gasteiger partial charge in [-0.1, -0.05) is 19.9 Å². The van der Waals surface area contributed by atoms with Crippen LogP contribution in [-0.2, 0) is 13.5 Å². The number of rotatable bonds is 7. The number of carbonyl (C=O) groups is 1. The first-order valence-corrected chi connectivity index (χ1v) is 8.15. The number of nitrogens with zero attached hydrogens (tertiary/aromatic N) is 2. The van der Waals surface area contributed by atoms with Gasteiger partial charge >= 0.3 is 5.69 Å². The van der Waals surface area contributed by atoms with E-state index in [-0.39, 0.29) is 17.8 Å². The van der Waals surface area contributed by atoms with Crippen molar-refractivity contribution in [2.75, 3.05) is 6.54 Å². The van der Waals surface area contributed by atoms with Crippen molar-refractivity contribution < 1.29 is 13.6 Å². The number of H-pyrrole nitrogens is 1. The second kappa shape index (κ2) is 7.58. The van der Waals surface area contributed by atoms with Crippen LogP contribution in [0.2, 0.25) is 0 Å². The lowest BCUT2D eigenvalue weighted by Crippen LogP contribution is -2.39. The van der Waals surface area contributed by atoms with Gasteiger partial charge in [-0.15, -0.1) is 5.10 Å². The molecule has 0 radical (unpaired) electrons. The summed E-state index contributed by atoms with van der Waals surface area (Å²) in [4.78, 5) is 25.9. The standard InChI is InChI=1S/C17H22F2N4O2/c1-4-17(5-2,9-11-6-7-12(18)8-13(11)19)10-20-15(24)14-21-16(25)23(3)22-14/h6-8H,4-5,9-10H2,1-3H3,(H,20,24)(H,21,22,25). The van der Waals surface area contributed by atoms with Crippen LogP contribution >= 0.6 is 0 Å². The van der Waals surface area contributed by atoms with Gasteiger partial charge in [0, 0.05) is 19.7 Å². The SMILES string of the molecule is CCC(CC)(CNC(=O)c1nn(C)c(=O)[nH]1)Cc1ccc(F)cc1F. The minimum atomic E-state index is -0.618. The van der Waals surface area contributed by atoms with Crippen molar-refractivity contribution >= 4 is 5.91 Å². The Labute approximate surface area is 144 Å². The zero-order chi connectivity index (χ0) is 18.6. The van der Waals surface area contributed by atoms with E-state index < -0.39 is 23.2 Å². The van der Waals surface area contributed by atoms with E-state index >= 15 is 0 Å². The molecule has 1 heterocycles. The van der Waals surface area contributed by atoms with Crippen LogP contribution in [0.25, 0.3) is 0 Å². The number of nitrogens with one attached hydrogen (secondary N) is 2. The van der Waals surface area contributed by atoms with Crippen LogP contribution in [0.5, 0.6) is 0 Å². The number of aromatic amines is 1. The fraction of sp³-hybridized carbons (Fsp3) is 0.471. The molecule has 0 atom stereocenters. The zero-order valence-corrected chi connectivity index (χ0v) is 14.5. The van der Waals surface area contributed by atoms with Crippen molar-refractivity contribution in [2.45, 2.75) is 33.1 Å². The van der Waals surface area contributed by atoms with E-state index in [4.69, 9.17) is 0 Å². The van der Waals surface area contributed by atoms with Crippen molar-refractivity contribution in [2.24, 2.45) is 12.5 Å². The minimum absolute atomic E-state index is 0.0680. The summed E-state index contributed by atoms with van der Waals surface area (Å²) in [7, 11) is 1.44. The maximum Gasteiger partial charge on any atom is 0.343 e. The van der Waals surface area contributed by atoms with Gasteiger partial charge in [0.2, 0.25) is 5.82 Å². The summed E-state index contributed by atoms with van der Waals surface area (Å²) in [5, 5.41) is 6.56. The summed E-state index contributed by atoms with van der Waals surface area (Å²) in [5.41, 5.74) is -0.454. The largest absolute Gasteiger partial charge is 0.349 e. The molecule has 8 heteroatoms. The Morgan fingerprint density at radius 2 is 2.00 bits per heavy atom. The summed E-state index contributed by atoms with van der Waals surface area (Å²) >= 11 is 0. The van der Waals surface area contributed by atoms with Crippen molar-refractivity contribution in [1.29, 1.82) is 0 Å². The van der Waals surface area contributed by atoms with Gasteiger partial charge in [-0.05, 0) is 36.3 Å². The van der Waals surface area contributed by atoms with Gasteiger partial charge in [0.25, 0.3) is 5.91 Å². The zero-order valence-electron chi connectivity index (χ0n) is 14.5. The van der Waals surface area contributed by atoms with Gasteiger partial charge in [-0.25, -0.2) is 18.3 Å². The van der Waals surface area contributed by atoms with Gasteiger partial charge in [-0.2, -0.15) is 0 Å². The quantitative estimate of drug-likeness (QED) is 0.801. The number of carbonyl (C=O) groups excluding carboxylic acids is 1. The first-order valence-electron chi connectivity index (χ1n) is 8.15. The molecule has 1 amide bonds. The fourth-order valence-electron chi connectivity index (χ4n) is 2.74. The third-order valence-electron chi connectivity index (χ3n) is 4.69. The van der Waals surface area contributed by atoms with E-state index in [9.17, 15) is 18.4 Å². The van der Waals surface area contributed by atoms with Crippen LogP contribution < -0.4 is 11.0 Å². The van der Waals surface area contributed by atoms with Crippen molar-refractivity contribution in [1.82, 2.24) is 20.1 Å². The highest BCUT2D eigenvalue weighted by atomic mass is 19.1. The van der Waals surface area contributed by atoms with Crippen molar-refractivity contribution in [3.8, 4) is 0 Å². The molecule has 0 saturated heterocycles. The van der Waals surface area contributed by atoms with Crippen molar-refractivity contribution in [3.63, 3.8) is 0 Å². The lowest BCUT2D eigenvalue weighted by molar-refractivity contribution is 0.0914. The van der Waals surface area contributed by atoms with Crippen LogP contribution in [0.4, 0.5) is 8.78 Å². The van der Waals surface area contributed by atoms with Crippen LogP contribution in [0, 0.1) is 17.0 Å². The van der Waals surface area contributed by atoms with Gasteiger partial charge in [0.1, 0.15) is 11.6 Å². The second-order valence-corrected chi connectivity index (χ2v) is 6.20. The molecule has 2 N–H and O–H groups in total. The van der Waals surface area contributed by atoms with Gasteiger partial charge in [-0.3, -0.25) is 9.78 Å². The molecule has 0 aliphatic carbocycles. The maximum absolute atomic E-state index is 14.0. The Morgan fingerprint density at radius 1 is 1.32 bits per heavy atom. The average molecular weight is 352 g/mol. The lowest BCUT2D eigenvalue weighted by Gasteiger charge is -2.32. The molecule has 1 aromatic heterocycles. The smallest absolute Gasteiger partial charge is 0.343 e. The molecular weight excluding hydrogens is 330 g/mol. The van der Waals surface area contributed by atoms with Crippen LogP contribution in [0.1, 0.15) is 42.9 Å². The van der Waals surface area contributed by atoms with Gasteiger partial charge in [0.15, 0.2) is 0 Å². The normalized spacial score (nSPS) is 11.6. The summed E-state index contributed by atoms with van der Waals surface area (Å²) < 4.78 is 28.1. The molecule has 0 bridgehead atoms. The monoisotopic (exact) mass is 352 g/mol. The molecule has 0 fully saturated rings. The van der Waals surface area contributed by atoms with Crippen LogP contribution in [-0.4, -0.2) is 27.2 Å². The number of amides is 1. The molecule has 1 aromatic carbocycles. The Balaban J connectivity index is 2.13. The van der Waals surface area contributed by atoms with E-state index in [1.165, 1.54) is 19.2 Å². The van der Waals surface area contributed by atoms with E-state index in [0.717, 1.165) is 10.7 Å². The molecule has 6 nitrogen and oxygen atoms in total. The van der Waals surface area contributed by atoms with E-state index in [1.807, 2.05) is 13.8 Å². The molecule has 0 aliphatic rings. The summed E-state index contributed by atoms with van der Waals surface area (Å²) in [5.74, 6) is -1.77.